The summed E-state index contributed by atoms with van der Waals surface area (Å²) in [6.45, 7) is -0.102. The zero-order valence-corrected chi connectivity index (χ0v) is 13.0. The zero-order valence-electron chi connectivity index (χ0n) is 10.6. The van der Waals surface area contributed by atoms with Crippen molar-refractivity contribution < 1.29 is 32.3 Å². The van der Waals surface area contributed by atoms with E-state index in [1.807, 2.05) is 0 Å². The van der Waals surface area contributed by atoms with Crippen molar-refractivity contribution in [3.05, 3.63) is 16.5 Å². The van der Waals surface area contributed by atoms with Crippen LogP contribution in [0.3, 0.4) is 0 Å². The molecule has 0 saturated carbocycles. The van der Waals surface area contributed by atoms with Crippen LogP contribution in [0.25, 0.3) is 0 Å². The van der Waals surface area contributed by atoms with Gasteiger partial charge in [0.25, 0.3) is 0 Å². The summed E-state index contributed by atoms with van der Waals surface area (Å²) < 4.78 is 34.3. The van der Waals surface area contributed by atoms with E-state index in [4.69, 9.17) is 9.52 Å². The monoisotopic (exact) mass is 369 g/mol. The van der Waals surface area contributed by atoms with Crippen molar-refractivity contribution in [1.82, 2.24) is 4.31 Å². The molecule has 10 heteroatoms. The van der Waals surface area contributed by atoms with Crippen LogP contribution in [0.1, 0.15) is 17.0 Å². The molecule has 8 nitrogen and oxygen atoms in total. The Hall–Kier alpha value is -1.39. The van der Waals surface area contributed by atoms with Crippen molar-refractivity contribution >= 4 is 37.9 Å². The van der Waals surface area contributed by atoms with Gasteiger partial charge in [-0.25, -0.2) is 17.5 Å². The number of aromatic carboxylic acids is 1. The molecular formula is C10H12BrNO7S. The highest BCUT2D eigenvalue weighted by Gasteiger charge is 2.28. The Labute approximate surface area is 123 Å². The number of carboxylic acids is 1. The van der Waals surface area contributed by atoms with E-state index in [2.05, 4.69) is 20.7 Å². The first-order valence-electron chi connectivity index (χ1n) is 5.26. The lowest BCUT2D eigenvalue weighted by Gasteiger charge is -2.15. The molecule has 0 amide bonds. The number of methoxy groups -OCH3 is 1. The largest absolute Gasteiger partial charge is 0.475 e. The fourth-order valence-electron chi connectivity index (χ4n) is 1.27. The minimum atomic E-state index is -3.96. The van der Waals surface area contributed by atoms with E-state index in [-0.39, 0.29) is 22.5 Å². The average molecular weight is 370 g/mol. The standard InChI is InChI=1S/C10H12BrNO7S/c1-12(4-3-8(13)18-2)20(16,17)7-5-6(10(14)15)19-9(7)11/h5H,3-4H2,1-2H3,(H,14,15). The molecule has 0 bridgehead atoms. The van der Waals surface area contributed by atoms with Crippen molar-refractivity contribution in [1.29, 1.82) is 0 Å². The molecule has 0 aliphatic heterocycles. The third kappa shape index (κ3) is 3.58. The van der Waals surface area contributed by atoms with Crippen LogP contribution in [0, 0.1) is 0 Å². The van der Waals surface area contributed by atoms with E-state index in [1.54, 1.807) is 0 Å². The molecule has 1 rings (SSSR count). The van der Waals surface area contributed by atoms with Gasteiger partial charge in [-0.2, -0.15) is 0 Å². The fourth-order valence-corrected chi connectivity index (χ4v) is 3.34. The molecule has 20 heavy (non-hydrogen) atoms. The third-order valence-electron chi connectivity index (χ3n) is 2.41. The molecule has 1 aromatic heterocycles. The molecule has 0 unspecified atom stereocenters. The number of sulfonamides is 1. The summed E-state index contributed by atoms with van der Waals surface area (Å²) in [5.41, 5.74) is 0. The Balaban J connectivity index is 2.98. The van der Waals surface area contributed by atoms with Gasteiger partial charge in [-0.3, -0.25) is 4.79 Å². The van der Waals surface area contributed by atoms with Gasteiger partial charge in [-0.15, -0.1) is 0 Å². The van der Waals surface area contributed by atoms with Crippen LogP contribution in [-0.4, -0.2) is 50.5 Å². The summed E-state index contributed by atoms with van der Waals surface area (Å²) in [7, 11) is -1.51. The maximum absolute atomic E-state index is 12.2. The number of carbonyl (C=O) groups excluding carboxylic acids is 1. The smallest absolute Gasteiger partial charge is 0.371 e. The lowest BCUT2D eigenvalue weighted by atomic mass is 10.4. The van der Waals surface area contributed by atoms with Gasteiger partial charge in [-0.05, 0) is 15.9 Å². The molecule has 0 atom stereocenters. The van der Waals surface area contributed by atoms with E-state index in [9.17, 15) is 18.0 Å². The summed E-state index contributed by atoms with van der Waals surface area (Å²) in [4.78, 5) is 21.4. The number of esters is 1. The Morgan fingerprint density at radius 3 is 2.55 bits per heavy atom. The topological polar surface area (TPSA) is 114 Å². The lowest BCUT2D eigenvalue weighted by molar-refractivity contribution is -0.140. The number of carbonyl (C=O) groups is 2. The van der Waals surface area contributed by atoms with Crippen LogP contribution in [0.15, 0.2) is 20.0 Å². The number of nitrogens with zero attached hydrogens (tertiary/aromatic N) is 1. The molecule has 112 valence electrons. The SMILES string of the molecule is COC(=O)CCN(C)S(=O)(=O)c1cc(C(=O)O)oc1Br. The molecule has 0 fully saturated rings. The average Bonchev–Trinajstić information content (AvgIpc) is 2.78. The van der Waals surface area contributed by atoms with E-state index in [0.717, 1.165) is 10.4 Å². The number of halogens is 1. The fraction of sp³-hybridized carbons (Fsp3) is 0.400. The number of carboxylic acid groups (broad SMARTS) is 1. The van der Waals surface area contributed by atoms with E-state index >= 15 is 0 Å². The zero-order chi connectivity index (χ0) is 15.5. The van der Waals surface area contributed by atoms with Crippen molar-refractivity contribution in [3.8, 4) is 0 Å². The second-order valence-electron chi connectivity index (χ2n) is 3.71. The molecule has 0 aromatic carbocycles. The van der Waals surface area contributed by atoms with Gasteiger partial charge in [0, 0.05) is 19.7 Å². The molecule has 1 heterocycles. The van der Waals surface area contributed by atoms with Crippen LogP contribution in [-0.2, 0) is 19.6 Å². The van der Waals surface area contributed by atoms with Crippen molar-refractivity contribution in [2.24, 2.45) is 0 Å². The van der Waals surface area contributed by atoms with Crippen molar-refractivity contribution in [3.63, 3.8) is 0 Å². The Morgan fingerprint density at radius 1 is 1.50 bits per heavy atom. The number of furan rings is 1. The maximum atomic E-state index is 12.2. The van der Waals surface area contributed by atoms with Crippen LogP contribution in [0.2, 0.25) is 0 Å². The summed E-state index contributed by atoms with van der Waals surface area (Å²) >= 11 is 2.86. The summed E-state index contributed by atoms with van der Waals surface area (Å²) in [6.07, 6.45) is -0.118. The Morgan fingerprint density at radius 2 is 2.10 bits per heavy atom. The van der Waals surface area contributed by atoms with Gasteiger partial charge < -0.3 is 14.3 Å². The van der Waals surface area contributed by atoms with Gasteiger partial charge in [-0.1, -0.05) is 0 Å². The maximum Gasteiger partial charge on any atom is 0.371 e. The molecule has 0 aliphatic carbocycles. The van der Waals surface area contributed by atoms with Gasteiger partial charge in [0.15, 0.2) is 4.67 Å². The van der Waals surface area contributed by atoms with Crippen LogP contribution < -0.4 is 0 Å². The number of rotatable bonds is 6. The lowest BCUT2D eigenvalue weighted by Crippen LogP contribution is -2.29. The van der Waals surface area contributed by atoms with Crippen LogP contribution in [0.4, 0.5) is 0 Å². The quantitative estimate of drug-likeness (QED) is 0.741. The first kappa shape index (κ1) is 16.7. The predicted octanol–water partition coefficient (Wildman–Crippen LogP) is 0.924. The predicted molar refractivity (Wildman–Crippen MR) is 69.8 cm³/mol. The molecular weight excluding hydrogens is 358 g/mol. The molecule has 0 aliphatic rings. The van der Waals surface area contributed by atoms with Crippen LogP contribution >= 0.6 is 15.9 Å². The summed E-state index contributed by atoms with van der Waals surface area (Å²) in [5.74, 6) is -2.44. The minimum absolute atomic E-state index is 0.102. The van der Waals surface area contributed by atoms with Crippen molar-refractivity contribution in [2.75, 3.05) is 20.7 Å². The highest BCUT2D eigenvalue weighted by atomic mass is 79.9. The number of hydrogen-bond acceptors (Lipinski definition) is 6. The summed E-state index contributed by atoms with van der Waals surface area (Å²) in [6, 6.07) is 0.899. The minimum Gasteiger partial charge on any atom is -0.475 e. The van der Waals surface area contributed by atoms with Gasteiger partial charge in [0.1, 0.15) is 4.90 Å². The Kier molecular flexibility index (Phi) is 5.31. The Bertz CT molecular complexity index is 622. The van der Waals surface area contributed by atoms with E-state index < -0.39 is 27.7 Å². The highest BCUT2D eigenvalue weighted by Crippen LogP contribution is 2.28. The van der Waals surface area contributed by atoms with Crippen LogP contribution in [0.5, 0.6) is 0 Å². The normalized spacial score (nSPS) is 11.6. The molecule has 0 spiro atoms. The number of ether oxygens (including phenoxy) is 1. The second kappa shape index (κ2) is 6.37. The highest BCUT2D eigenvalue weighted by molar-refractivity contribution is 9.10. The molecule has 0 radical (unpaired) electrons. The molecule has 1 N–H and O–H groups in total. The first-order chi connectivity index (χ1) is 9.20. The van der Waals surface area contributed by atoms with Gasteiger partial charge in [0.2, 0.25) is 15.8 Å². The third-order valence-corrected chi connectivity index (χ3v) is 5.13. The van der Waals surface area contributed by atoms with Gasteiger partial charge >= 0.3 is 11.9 Å². The molecule has 0 saturated heterocycles. The van der Waals surface area contributed by atoms with E-state index in [0.29, 0.717) is 0 Å². The van der Waals surface area contributed by atoms with Gasteiger partial charge in [0.05, 0.1) is 13.5 Å². The first-order valence-corrected chi connectivity index (χ1v) is 7.49. The van der Waals surface area contributed by atoms with Crippen molar-refractivity contribution in [2.45, 2.75) is 11.3 Å². The second-order valence-corrected chi connectivity index (χ2v) is 6.44. The van der Waals surface area contributed by atoms with E-state index in [1.165, 1.54) is 14.2 Å². The number of hydrogen-bond donors (Lipinski definition) is 1. The molecule has 1 aromatic rings. The summed E-state index contributed by atoms with van der Waals surface area (Å²) in [5, 5.41) is 8.75.